The van der Waals surface area contributed by atoms with Crippen molar-refractivity contribution in [3.8, 4) is 0 Å². The monoisotopic (exact) mass is 306 g/mol. The van der Waals surface area contributed by atoms with Crippen molar-refractivity contribution in [2.24, 2.45) is 0 Å². The molecule has 2 aromatic rings. The van der Waals surface area contributed by atoms with Crippen LogP contribution in [0, 0.1) is 0 Å². The number of allylic oxidation sites excluding steroid dienone is 5. The Morgan fingerprint density at radius 3 is 1.86 bits per heavy atom. The quantitative estimate of drug-likeness (QED) is 0.685. The van der Waals surface area contributed by atoms with Crippen molar-refractivity contribution in [1.82, 2.24) is 0 Å². The molecule has 0 saturated heterocycles. The number of hydrogen-bond donors (Lipinski definition) is 0. The zero-order valence-corrected chi connectivity index (χ0v) is 14.1. The Labute approximate surface area is 134 Å². The van der Waals surface area contributed by atoms with Gasteiger partial charge in [0.25, 0.3) is 0 Å². The molecule has 0 bridgehead atoms. The van der Waals surface area contributed by atoms with E-state index < -0.39 is 7.26 Å². The Morgan fingerprint density at radius 2 is 1.45 bits per heavy atom. The van der Waals surface area contributed by atoms with Crippen molar-refractivity contribution >= 4 is 17.9 Å². The van der Waals surface area contributed by atoms with Gasteiger partial charge in [0.05, 0.1) is 0 Å². The van der Waals surface area contributed by atoms with Gasteiger partial charge in [0.1, 0.15) is 0 Å². The second-order valence-electron chi connectivity index (χ2n) is 5.92. The van der Waals surface area contributed by atoms with Gasteiger partial charge in [-0.2, -0.15) is 0 Å². The van der Waals surface area contributed by atoms with Crippen molar-refractivity contribution in [2.75, 3.05) is 0 Å². The zero-order valence-electron chi connectivity index (χ0n) is 13.1. The van der Waals surface area contributed by atoms with Crippen LogP contribution in [0.4, 0.5) is 0 Å². The van der Waals surface area contributed by atoms with E-state index in [-0.39, 0.29) is 0 Å². The molecule has 0 nitrogen and oxygen atoms in total. The fraction of sp³-hybridized carbons (Fsp3) is 0.143. The molecular formula is C21H23P. The van der Waals surface area contributed by atoms with Crippen LogP contribution in [-0.2, 0) is 0 Å². The van der Waals surface area contributed by atoms with E-state index in [1.54, 1.807) is 5.31 Å². The predicted molar refractivity (Wildman–Crippen MR) is 102 cm³/mol. The molecule has 112 valence electrons. The van der Waals surface area contributed by atoms with E-state index in [2.05, 4.69) is 92.4 Å². The minimum atomic E-state index is -2.11. The summed E-state index contributed by atoms with van der Waals surface area (Å²) in [5.41, 5.74) is 0. The van der Waals surface area contributed by atoms with Crippen LogP contribution in [0.5, 0.6) is 0 Å². The molecule has 3 rings (SSSR count). The second-order valence-corrected chi connectivity index (χ2v) is 10.1. The SMILES string of the molecule is C=C(C)[PH](C1=CC=CCC1)(c1ccccc1)c1ccccc1. The summed E-state index contributed by atoms with van der Waals surface area (Å²) >= 11 is 0. The van der Waals surface area contributed by atoms with Gasteiger partial charge in [-0.3, -0.25) is 0 Å². The summed E-state index contributed by atoms with van der Waals surface area (Å²) in [6.07, 6.45) is 9.09. The molecule has 2 aromatic carbocycles. The van der Waals surface area contributed by atoms with Gasteiger partial charge in [0.15, 0.2) is 0 Å². The molecule has 0 aromatic heterocycles. The van der Waals surface area contributed by atoms with Crippen molar-refractivity contribution in [3.05, 3.63) is 96.1 Å². The summed E-state index contributed by atoms with van der Waals surface area (Å²) in [6, 6.07) is 22.0. The molecule has 1 aliphatic carbocycles. The summed E-state index contributed by atoms with van der Waals surface area (Å²) in [5, 5.41) is 5.76. The molecule has 0 radical (unpaired) electrons. The molecule has 0 fully saturated rings. The third-order valence-electron chi connectivity index (χ3n) is 4.55. The number of hydrogen-bond acceptors (Lipinski definition) is 0. The van der Waals surface area contributed by atoms with Crippen molar-refractivity contribution in [3.63, 3.8) is 0 Å². The summed E-state index contributed by atoms with van der Waals surface area (Å²) < 4.78 is 0. The first kappa shape index (κ1) is 15.0. The van der Waals surface area contributed by atoms with Crippen LogP contribution < -0.4 is 10.6 Å². The van der Waals surface area contributed by atoms with Crippen LogP contribution in [0.1, 0.15) is 19.8 Å². The molecule has 0 saturated carbocycles. The van der Waals surface area contributed by atoms with Gasteiger partial charge in [-0.25, -0.2) is 0 Å². The Kier molecular flexibility index (Phi) is 4.41. The fourth-order valence-electron chi connectivity index (χ4n) is 3.60. The van der Waals surface area contributed by atoms with E-state index in [9.17, 15) is 0 Å². The van der Waals surface area contributed by atoms with E-state index >= 15 is 0 Å². The van der Waals surface area contributed by atoms with Gasteiger partial charge in [0.2, 0.25) is 0 Å². The molecular weight excluding hydrogens is 283 g/mol. The summed E-state index contributed by atoms with van der Waals surface area (Å²) in [5.74, 6) is 0. The van der Waals surface area contributed by atoms with E-state index in [0.29, 0.717) is 0 Å². The van der Waals surface area contributed by atoms with Gasteiger partial charge in [0, 0.05) is 0 Å². The van der Waals surface area contributed by atoms with E-state index in [1.807, 2.05) is 0 Å². The number of rotatable bonds is 4. The number of benzene rings is 2. The van der Waals surface area contributed by atoms with Gasteiger partial charge in [-0.1, -0.05) is 0 Å². The molecule has 1 heteroatoms. The van der Waals surface area contributed by atoms with Crippen LogP contribution in [0.15, 0.2) is 96.1 Å². The second kappa shape index (κ2) is 6.46. The summed E-state index contributed by atoms with van der Waals surface area (Å²) in [4.78, 5) is 0. The molecule has 0 heterocycles. The Hall–Kier alpha value is -1.91. The summed E-state index contributed by atoms with van der Waals surface area (Å²) in [6.45, 7) is 6.67. The van der Waals surface area contributed by atoms with Gasteiger partial charge >= 0.3 is 134 Å². The van der Waals surface area contributed by atoms with Crippen LogP contribution in [0.25, 0.3) is 0 Å². The first-order valence-corrected chi connectivity index (χ1v) is 9.89. The molecule has 0 unspecified atom stereocenters. The first-order valence-electron chi connectivity index (χ1n) is 7.89. The minimum absolute atomic E-state index is 1.13. The Balaban J connectivity index is 2.31. The standard InChI is InChI=1S/C21H23P/c1-18(2)22(19-12-6-3-7-13-19,20-14-8-4-9-15-20)21-16-10-5-11-17-21/h3-10,12-16,22H,1,11,17H2,2H3. The molecule has 0 atom stereocenters. The maximum absolute atomic E-state index is 4.45. The predicted octanol–water partition coefficient (Wildman–Crippen LogP) is 5.15. The van der Waals surface area contributed by atoms with Crippen LogP contribution in [0.3, 0.4) is 0 Å². The molecule has 1 aliphatic rings. The Morgan fingerprint density at radius 1 is 0.909 bits per heavy atom. The van der Waals surface area contributed by atoms with Crippen LogP contribution >= 0.6 is 7.26 Å². The maximum atomic E-state index is 4.45. The van der Waals surface area contributed by atoms with Gasteiger partial charge < -0.3 is 0 Å². The Bertz CT molecular complexity index is 669. The zero-order chi connectivity index (χ0) is 15.4. The van der Waals surface area contributed by atoms with Crippen molar-refractivity contribution < 1.29 is 0 Å². The van der Waals surface area contributed by atoms with Crippen molar-refractivity contribution in [2.45, 2.75) is 19.8 Å². The van der Waals surface area contributed by atoms with Gasteiger partial charge in [-0.05, 0) is 0 Å². The normalized spacial score (nSPS) is 15.2. The average molecular weight is 306 g/mol. The van der Waals surface area contributed by atoms with Crippen LogP contribution in [0.2, 0.25) is 0 Å². The summed E-state index contributed by atoms with van der Waals surface area (Å²) in [7, 11) is -2.11. The third-order valence-corrected chi connectivity index (χ3v) is 9.61. The van der Waals surface area contributed by atoms with Gasteiger partial charge in [-0.15, -0.1) is 0 Å². The molecule has 0 amide bonds. The van der Waals surface area contributed by atoms with Crippen LogP contribution in [-0.4, -0.2) is 0 Å². The van der Waals surface area contributed by atoms with E-state index in [0.717, 1.165) is 12.8 Å². The molecule has 0 N–H and O–H groups in total. The van der Waals surface area contributed by atoms with Crippen molar-refractivity contribution in [1.29, 1.82) is 0 Å². The molecule has 0 spiro atoms. The molecule has 0 aliphatic heterocycles. The average Bonchev–Trinajstić information content (AvgIpc) is 2.58. The topological polar surface area (TPSA) is 0 Å². The first-order chi connectivity index (χ1) is 10.8. The van der Waals surface area contributed by atoms with E-state index in [4.69, 9.17) is 0 Å². The van der Waals surface area contributed by atoms with E-state index in [1.165, 1.54) is 15.9 Å². The third kappa shape index (κ3) is 2.49. The fourth-order valence-corrected chi connectivity index (χ4v) is 8.45. The molecule has 22 heavy (non-hydrogen) atoms.